The zero-order valence-electron chi connectivity index (χ0n) is 18.3. The van der Waals surface area contributed by atoms with Gasteiger partial charge in [0.1, 0.15) is 18.1 Å². The summed E-state index contributed by atoms with van der Waals surface area (Å²) < 4.78 is 0. The molecular formula is C19H37N5O7. The number of aliphatic hydroxyl groups excluding tert-OH is 2. The number of hydrogen-bond donors (Lipinski definition) is 8. The highest BCUT2D eigenvalue weighted by Crippen LogP contribution is 2.07. The zero-order valence-corrected chi connectivity index (χ0v) is 18.3. The number of carboxylic acids is 1. The number of hydrogen-bond acceptors (Lipinski definition) is 8. The molecule has 0 aromatic carbocycles. The highest BCUT2D eigenvalue weighted by Gasteiger charge is 2.32. The second-order valence-electron chi connectivity index (χ2n) is 7.57. The van der Waals surface area contributed by atoms with Crippen molar-refractivity contribution in [2.75, 3.05) is 13.2 Å². The Morgan fingerprint density at radius 1 is 0.935 bits per heavy atom. The van der Waals surface area contributed by atoms with Crippen LogP contribution in [-0.4, -0.2) is 82.4 Å². The smallest absolute Gasteiger partial charge is 0.326 e. The van der Waals surface area contributed by atoms with Crippen LogP contribution in [0.5, 0.6) is 0 Å². The summed E-state index contributed by atoms with van der Waals surface area (Å²) >= 11 is 0. The van der Waals surface area contributed by atoms with Crippen molar-refractivity contribution in [1.29, 1.82) is 0 Å². The fraction of sp³-hybridized carbons (Fsp3) is 0.789. The van der Waals surface area contributed by atoms with Gasteiger partial charge in [-0.15, -0.1) is 0 Å². The molecule has 0 spiro atoms. The van der Waals surface area contributed by atoms with E-state index < -0.39 is 60.6 Å². The van der Waals surface area contributed by atoms with Crippen molar-refractivity contribution in [2.45, 2.75) is 76.7 Å². The largest absolute Gasteiger partial charge is 0.480 e. The van der Waals surface area contributed by atoms with Crippen molar-refractivity contribution in [1.82, 2.24) is 16.0 Å². The summed E-state index contributed by atoms with van der Waals surface area (Å²) in [5, 5.41) is 35.5. The van der Waals surface area contributed by atoms with E-state index in [9.17, 15) is 34.5 Å². The van der Waals surface area contributed by atoms with E-state index in [0.29, 0.717) is 25.8 Å². The molecule has 10 N–H and O–H groups in total. The van der Waals surface area contributed by atoms with Gasteiger partial charge in [0.25, 0.3) is 0 Å². The molecule has 3 amide bonds. The lowest BCUT2D eigenvalue weighted by Crippen LogP contribution is -2.61. The van der Waals surface area contributed by atoms with Crippen LogP contribution in [0.2, 0.25) is 0 Å². The second-order valence-corrected chi connectivity index (χ2v) is 7.57. The van der Waals surface area contributed by atoms with Crippen molar-refractivity contribution in [3.8, 4) is 0 Å². The molecule has 0 aliphatic carbocycles. The number of carbonyl (C=O) groups is 4. The van der Waals surface area contributed by atoms with Gasteiger partial charge >= 0.3 is 5.97 Å². The molecular weight excluding hydrogens is 410 g/mol. The lowest BCUT2D eigenvalue weighted by atomic mass is 9.98. The van der Waals surface area contributed by atoms with Crippen molar-refractivity contribution >= 4 is 23.7 Å². The summed E-state index contributed by atoms with van der Waals surface area (Å²) in [7, 11) is 0. The number of rotatable bonds is 15. The Hall–Kier alpha value is -2.28. The molecule has 0 fully saturated rings. The SMILES string of the molecule is CCC(C)C(N)C(=O)NC(C(=O)NC(CO)C(=O)NC(CCCCN)C(=O)O)C(C)O. The summed E-state index contributed by atoms with van der Waals surface area (Å²) in [6.45, 7) is 4.44. The molecule has 0 saturated carbocycles. The molecule has 6 unspecified atom stereocenters. The third-order valence-electron chi connectivity index (χ3n) is 5.00. The molecule has 0 aromatic heterocycles. The average Bonchev–Trinajstić information content (AvgIpc) is 2.72. The molecule has 0 aromatic rings. The first-order chi connectivity index (χ1) is 14.5. The van der Waals surface area contributed by atoms with E-state index in [1.807, 2.05) is 6.92 Å². The summed E-state index contributed by atoms with van der Waals surface area (Å²) in [6.07, 6.45) is 0.483. The number of aliphatic carboxylic acids is 1. The standard InChI is InChI=1S/C19H37N5O7/c1-4-10(2)14(21)17(28)24-15(11(3)26)18(29)23-13(9-25)16(27)22-12(19(30)31)7-5-6-8-20/h10-15,25-26H,4-9,20-21H2,1-3H3,(H,22,27)(H,23,29)(H,24,28)(H,30,31). The third kappa shape index (κ3) is 10.0. The number of carbonyl (C=O) groups excluding carboxylic acids is 3. The van der Waals surface area contributed by atoms with Crippen LogP contribution in [0.4, 0.5) is 0 Å². The van der Waals surface area contributed by atoms with Gasteiger partial charge in [-0.25, -0.2) is 4.79 Å². The first-order valence-electron chi connectivity index (χ1n) is 10.4. The van der Waals surface area contributed by atoms with Gasteiger partial charge in [0, 0.05) is 0 Å². The normalized spacial score (nSPS) is 16.9. The maximum Gasteiger partial charge on any atom is 0.326 e. The lowest BCUT2D eigenvalue weighted by molar-refractivity contribution is -0.143. The highest BCUT2D eigenvalue weighted by atomic mass is 16.4. The number of unbranched alkanes of at least 4 members (excludes halogenated alkanes) is 1. The molecule has 0 radical (unpaired) electrons. The molecule has 180 valence electrons. The molecule has 0 heterocycles. The van der Waals surface area contributed by atoms with Gasteiger partial charge in [0.05, 0.1) is 18.8 Å². The fourth-order valence-corrected chi connectivity index (χ4v) is 2.65. The van der Waals surface area contributed by atoms with Crippen molar-refractivity contribution in [3.63, 3.8) is 0 Å². The minimum atomic E-state index is -1.48. The van der Waals surface area contributed by atoms with Crippen LogP contribution >= 0.6 is 0 Å². The topological polar surface area (TPSA) is 217 Å². The lowest BCUT2D eigenvalue weighted by Gasteiger charge is -2.26. The highest BCUT2D eigenvalue weighted by molar-refractivity contribution is 5.94. The molecule has 0 saturated heterocycles. The Morgan fingerprint density at radius 3 is 1.97 bits per heavy atom. The summed E-state index contributed by atoms with van der Waals surface area (Å²) in [5.74, 6) is -3.92. The molecule has 0 aliphatic rings. The van der Waals surface area contributed by atoms with Gasteiger partial charge in [-0.3, -0.25) is 14.4 Å². The first kappa shape index (κ1) is 28.7. The number of carboxylic acid groups (broad SMARTS) is 1. The van der Waals surface area contributed by atoms with Gasteiger partial charge in [-0.05, 0) is 38.6 Å². The van der Waals surface area contributed by atoms with Crippen LogP contribution in [0.1, 0.15) is 46.5 Å². The summed E-state index contributed by atoms with van der Waals surface area (Å²) in [4.78, 5) is 48.5. The van der Waals surface area contributed by atoms with E-state index in [-0.39, 0.29) is 12.3 Å². The van der Waals surface area contributed by atoms with Gasteiger partial charge in [-0.1, -0.05) is 20.3 Å². The van der Waals surface area contributed by atoms with Crippen LogP contribution in [0.15, 0.2) is 0 Å². The monoisotopic (exact) mass is 447 g/mol. The summed E-state index contributed by atoms with van der Waals surface area (Å²) in [6, 6.07) is -5.03. The molecule has 12 heteroatoms. The molecule has 0 aliphatic heterocycles. The number of aliphatic hydroxyl groups is 2. The fourth-order valence-electron chi connectivity index (χ4n) is 2.65. The number of nitrogens with two attached hydrogens (primary N) is 2. The Kier molecular flexibility index (Phi) is 13.6. The van der Waals surface area contributed by atoms with Crippen LogP contribution in [0.25, 0.3) is 0 Å². The van der Waals surface area contributed by atoms with E-state index in [0.717, 1.165) is 0 Å². The van der Waals surface area contributed by atoms with Crippen molar-refractivity contribution in [3.05, 3.63) is 0 Å². The predicted molar refractivity (Wildman–Crippen MR) is 113 cm³/mol. The van der Waals surface area contributed by atoms with Crippen molar-refractivity contribution in [2.24, 2.45) is 17.4 Å². The Bertz CT molecular complexity index is 602. The second kappa shape index (κ2) is 14.7. The molecule has 0 bridgehead atoms. The number of amides is 3. The molecule has 12 nitrogen and oxygen atoms in total. The van der Waals surface area contributed by atoms with Gasteiger partial charge in [0.2, 0.25) is 17.7 Å². The third-order valence-corrected chi connectivity index (χ3v) is 5.00. The van der Waals surface area contributed by atoms with Crippen LogP contribution in [0, 0.1) is 5.92 Å². The molecule has 6 atom stereocenters. The van der Waals surface area contributed by atoms with Crippen LogP contribution in [0.3, 0.4) is 0 Å². The molecule has 0 rings (SSSR count). The minimum Gasteiger partial charge on any atom is -0.480 e. The summed E-state index contributed by atoms with van der Waals surface area (Å²) in [5.41, 5.74) is 11.2. The van der Waals surface area contributed by atoms with E-state index in [2.05, 4.69) is 16.0 Å². The Morgan fingerprint density at radius 2 is 1.52 bits per heavy atom. The van der Waals surface area contributed by atoms with Crippen LogP contribution < -0.4 is 27.4 Å². The zero-order chi connectivity index (χ0) is 24.1. The quantitative estimate of drug-likeness (QED) is 0.123. The van der Waals surface area contributed by atoms with Crippen LogP contribution in [-0.2, 0) is 19.2 Å². The van der Waals surface area contributed by atoms with E-state index in [1.165, 1.54) is 6.92 Å². The average molecular weight is 448 g/mol. The maximum atomic E-state index is 12.5. The van der Waals surface area contributed by atoms with Gasteiger partial charge in [-0.2, -0.15) is 0 Å². The molecule has 31 heavy (non-hydrogen) atoms. The Balaban J connectivity index is 5.13. The van der Waals surface area contributed by atoms with E-state index >= 15 is 0 Å². The predicted octanol–water partition coefficient (Wildman–Crippen LogP) is -2.60. The number of nitrogens with one attached hydrogen (secondary N) is 3. The van der Waals surface area contributed by atoms with E-state index in [4.69, 9.17) is 11.5 Å². The van der Waals surface area contributed by atoms with Gasteiger partial charge < -0.3 is 42.7 Å². The van der Waals surface area contributed by atoms with Crippen molar-refractivity contribution < 1.29 is 34.5 Å². The Labute approximate surface area is 182 Å². The minimum absolute atomic E-state index is 0.129. The van der Waals surface area contributed by atoms with E-state index in [1.54, 1.807) is 6.92 Å². The first-order valence-corrected chi connectivity index (χ1v) is 10.4. The van der Waals surface area contributed by atoms with Gasteiger partial charge in [0.15, 0.2) is 0 Å². The maximum absolute atomic E-state index is 12.5.